The molecule has 2 aromatic heterocycles. The number of hydrogen-bond donors (Lipinski definition) is 2. The summed E-state index contributed by atoms with van der Waals surface area (Å²) in [5, 5.41) is 11.2. The smallest absolute Gasteiger partial charge is 0.152 e. The summed E-state index contributed by atoms with van der Waals surface area (Å²) in [4.78, 5) is 6.92. The maximum atomic E-state index is 4.41. The van der Waals surface area contributed by atoms with Gasteiger partial charge < -0.3 is 15.5 Å². The largest absolute Gasteiger partial charge is 0.368 e. The van der Waals surface area contributed by atoms with Crippen LogP contribution in [-0.4, -0.2) is 58.8 Å². The summed E-state index contributed by atoms with van der Waals surface area (Å²) in [5.74, 6) is 0.924. The molecule has 6 nitrogen and oxygen atoms in total. The van der Waals surface area contributed by atoms with E-state index in [1.807, 2.05) is 17.6 Å². The van der Waals surface area contributed by atoms with Gasteiger partial charge >= 0.3 is 0 Å². The Kier molecular flexibility index (Phi) is 4.13. The molecule has 2 aromatic rings. The second-order valence-corrected chi connectivity index (χ2v) is 5.26. The van der Waals surface area contributed by atoms with Crippen LogP contribution in [0, 0.1) is 6.92 Å². The van der Waals surface area contributed by atoms with Crippen molar-refractivity contribution in [2.45, 2.75) is 13.3 Å². The third kappa shape index (κ3) is 3.08. The van der Waals surface area contributed by atoms with E-state index in [-0.39, 0.29) is 0 Å². The lowest BCUT2D eigenvalue weighted by atomic mass is 10.3. The van der Waals surface area contributed by atoms with Crippen molar-refractivity contribution in [1.29, 1.82) is 0 Å². The minimum atomic E-state index is 0.924. The predicted molar refractivity (Wildman–Crippen MR) is 80.1 cm³/mol. The van der Waals surface area contributed by atoms with Gasteiger partial charge in [0.2, 0.25) is 0 Å². The molecule has 1 aliphatic rings. The lowest BCUT2D eigenvalue weighted by molar-refractivity contribution is 0.240. The summed E-state index contributed by atoms with van der Waals surface area (Å²) in [6.07, 6.45) is 4.81. The summed E-state index contributed by atoms with van der Waals surface area (Å²) < 4.78 is 1.88. The van der Waals surface area contributed by atoms with Crippen LogP contribution in [0.3, 0.4) is 0 Å². The highest BCUT2D eigenvalue weighted by Crippen LogP contribution is 2.14. The van der Waals surface area contributed by atoms with Crippen LogP contribution in [0.5, 0.6) is 0 Å². The molecule has 1 saturated heterocycles. The van der Waals surface area contributed by atoms with Crippen LogP contribution in [0.4, 0.5) is 5.82 Å². The van der Waals surface area contributed by atoms with E-state index in [4.69, 9.17) is 0 Å². The number of rotatable bonds is 5. The van der Waals surface area contributed by atoms with Crippen LogP contribution in [0.15, 0.2) is 18.5 Å². The van der Waals surface area contributed by atoms with Gasteiger partial charge in [0.05, 0.1) is 5.69 Å². The third-order valence-electron chi connectivity index (χ3n) is 3.67. The van der Waals surface area contributed by atoms with Crippen molar-refractivity contribution in [2.24, 2.45) is 0 Å². The second-order valence-electron chi connectivity index (χ2n) is 5.26. The van der Waals surface area contributed by atoms with E-state index < -0.39 is 0 Å². The molecule has 0 atom stereocenters. The first-order valence-corrected chi connectivity index (χ1v) is 7.31. The summed E-state index contributed by atoms with van der Waals surface area (Å²) in [7, 11) is 0. The van der Waals surface area contributed by atoms with E-state index >= 15 is 0 Å². The van der Waals surface area contributed by atoms with E-state index in [0.717, 1.165) is 62.7 Å². The highest BCUT2D eigenvalue weighted by molar-refractivity contribution is 5.67. The average molecular weight is 274 g/mol. The van der Waals surface area contributed by atoms with Crippen molar-refractivity contribution >= 4 is 11.3 Å². The molecule has 3 rings (SSSR count). The number of nitrogens with zero attached hydrogens (tertiary/aromatic N) is 4. The highest BCUT2D eigenvalue weighted by Gasteiger charge is 2.09. The number of hydrogen-bond acceptors (Lipinski definition) is 5. The van der Waals surface area contributed by atoms with E-state index in [2.05, 4.69) is 31.7 Å². The fourth-order valence-electron chi connectivity index (χ4n) is 2.62. The Morgan fingerprint density at radius 3 is 3.05 bits per heavy atom. The molecule has 0 aliphatic carbocycles. The molecule has 6 heteroatoms. The summed E-state index contributed by atoms with van der Waals surface area (Å²) in [5.41, 5.74) is 2.06. The fraction of sp³-hybridized carbons (Fsp3) is 0.571. The molecule has 20 heavy (non-hydrogen) atoms. The zero-order valence-corrected chi connectivity index (χ0v) is 12.0. The third-order valence-corrected chi connectivity index (χ3v) is 3.67. The molecule has 0 unspecified atom stereocenters. The zero-order valence-electron chi connectivity index (χ0n) is 12.0. The predicted octanol–water partition coefficient (Wildman–Crippen LogP) is 0.745. The summed E-state index contributed by atoms with van der Waals surface area (Å²) in [6.45, 7) is 8.65. The monoisotopic (exact) mass is 274 g/mol. The van der Waals surface area contributed by atoms with E-state index in [0.29, 0.717) is 0 Å². The van der Waals surface area contributed by atoms with Gasteiger partial charge in [-0.05, 0) is 26.0 Å². The first kappa shape index (κ1) is 13.3. The maximum Gasteiger partial charge on any atom is 0.152 e. The normalized spacial score (nSPS) is 16.6. The first-order valence-electron chi connectivity index (χ1n) is 7.31. The van der Waals surface area contributed by atoms with Crippen LogP contribution < -0.4 is 10.6 Å². The quantitative estimate of drug-likeness (QED) is 0.788. The molecule has 3 heterocycles. The number of aromatic nitrogens is 3. The number of aryl methyl sites for hydroxylation is 1. The van der Waals surface area contributed by atoms with Crippen molar-refractivity contribution in [3.63, 3.8) is 0 Å². The van der Waals surface area contributed by atoms with Gasteiger partial charge in [-0.2, -0.15) is 5.10 Å². The zero-order chi connectivity index (χ0) is 13.8. The van der Waals surface area contributed by atoms with Crippen LogP contribution >= 0.6 is 0 Å². The van der Waals surface area contributed by atoms with Crippen LogP contribution in [0.2, 0.25) is 0 Å². The topological polar surface area (TPSA) is 57.5 Å². The summed E-state index contributed by atoms with van der Waals surface area (Å²) in [6, 6.07) is 2.06. The first-order chi connectivity index (χ1) is 9.83. The molecular formula is C14H22N6. The van der Waals surface area contributed by atoms with Crippen molar-refractivity contribution < 1.29 is 0 Å². The SMILES string of the molecule is Cc1cc2c(NCCCN3CCNCC3)nccn2n1. The minimum Gasteiger partial charge on any atom is -0.368 e. The van der Waals surface area contributed by atoms with Gasteiger partial charge in [-0.3, -0.25) is 0 Å². The van der Waals surface area contributed by atoms with Gasteiger partial charge in [-0.15, -0.1) is 0 Å². The van der Waals surface area contributed by atoms with Gasteiger partial charge in [0.25, 0.3) is 0 Å². The maximum absolute atomic E-state index is 4.41. The number of nitrogens with one attached hydrogen (secondary N) is 2. The van der Waals surface area contributed by atoms with E-state index in [1.54, 1.807) is 6.20 Å². The fourth-order valence-corrected chi connectivity index (χ4v) is 2.62. The van der Waals surface area contributed by atoms with Gasteiger partial charge in [0, 0.05) is 45.1 Å². The molecule has 0 bridgehead atoms. The Morgan fingerprint density at radius 2 is 2.20 bits per heavy atom. The van der Waals surface area contributed by atoms with Crippen molar-refractivity contribution in [3.05, 3.63) is 24.2 Å². The molecule has 0 spiro atoms. The second kappa shape index (κ2) is 6.19. The molecule has 0 amide bonds. The average Bonchev–Trinajstić information content (AvgIpc) is 2.86. The Labute approximate surface area is 119 Å². The standard InChI is InChI=1S/C14H22N6/c1-12-11-13-14(17-6-10-20(13)18-12)16-3-2-7-19-8-4-15-5-9-19/h6,10-11,15H,2-5,7-9H2,1H3,(H,16,17). The molecular weight excluding hydrogens is 252 g/mol. The van der Waals surface area contributed by atoms with Crippen LogP contribution in [0.25, 0.3) is 5.52 Å². The molecule has 1 aliphatic heterocycles. The van der Waals surface area contributed by atoms with Crippen LogP contribution in [0.1, 0.15) is 12.1 Å². The molecule has 0 aromatic carbocycles. The van der Waals surface area contributed by atoms with Crippen LogP contribution in [-0.2, 0) is 0 Å². The number of anilines is 1. The molecule has 108 valence electrons. The molecule has 0 radical (unpaired) electrons. The van der Waals surface area contributed by atoms with Crippen molar-refractivity contribution in [2.75, 3.05) is 44.6 Å². The Morgan fingerprint density at radius 1 is 1.35 bits per heavy atom. The van der Waals surface area contributed by atoms with Gasteiger partial charge in [0.15, 0.2) is 5.82 Å². The molecule has 0 saturated carbocycles. The van der Waals surface area contributed by atoms with E-state index in [1.165, 1.54) is 0 Å². The van der Waals surface area contributed by atoms with Gasteiger partial charge in [-0.1, -0.05) is 0 Å². The highest BCUT2D eigenvalue weighted by atomic mass is 15.2. The van der Waals surface area contributed by atoms with Gasteiger partial charge in [-0.25, -0.2) is 9.50 Å². The lowest BCUT2D eigenvalue weighted by Crippen LogP contribution is -2.44. The Balaban J connectivity index is 1.52. The van der Waals surface area contributed by atoms with Gasteiger partial charge in [0.1, 0.15) is 5.52 Å². The minimum absolute atomic E-state index is 0.924. The van der Waals surface area contributed by atoms with E-state index in [9.17, 15) is 0 Å². The summed E-state index contributed by atoms with van der Waals surface area (Å²) >= 11 is 0. The Bertz CT molecular complexity index is 558. The lowest BCUT2D eigenvalue weighted by Gasteiger charge is -2.27. The molecule has 2 N–H and O–H groups in total. The van der Waals surface area contributed by atoms with Crippen molar-refractivity contribution in [3.8, 4) is 0 Å². The molecule has 1 fully saturated rings. The number of piperazine rings is 1. The van der Waals surface area contributed by atoms with Crippen molar-refractivity contribution in [1.82, 2.24) is 24.8 Å². The number of fused-ring (bicyclic) bond motifs is 1. The Hall–Kier alpha value is -1.66.